The minimum absolute atomic E-state index is 0.132. The summed E-state index contributed by atoms with van der Waals surface area (Å²) in [5, 5.41) is 11.5. The van der Waals surface area contributed by atoms with Crippen molar-refractivity contribution in [3.63, 3.8) is 0 Å². The van der Waals surface area contributed by atoms with Gasteiger partial charge in [-0.1, -0.05) is 6.07 Å². The van der Waals surface area contributed by atoms with Gasteiger partial charge in [0.1, 0.15) is 5.82 Å². The van der Waals surface area contributed by atoms with E-state index in [2.05, 4.69) is 21.2 Å². The second-order valence-electron chi connectivity index (χ2n) is 3.16. The number of carbonyl (C=O) groups is 1. The molecule has 0 aliphatic heterocycles. The molecule has 15 heavy (non-hydrogen) atoms. The SMILES string of the molecule is C[C@H](O)CNC(=O)c1cccc(F)c1Br. The van der Waals surface area contributed by atoms with E-state index in [-0.39, 0.29) is 16.6 Å². The molecule has 0 saturated carbocycles. The van der Waals surface area contributed by atoms with Crippen LogP contribution in [0.2, 0.25) is 0 Å². The van der Waals surface area contributed by atoms with Gasteiger partial charge in [-0.15, -0.1) is 0 Å². The van der Waals surface area contributed by atoms with E-state index in [4.69, 9.17) is 5.11 Å². The summed E-state index contributed by atoms with van der Waals surface area (Å²) in [5.41, 5.74) is 0.218. The van der Waals surface area contributed by atoms with Gasteiger partial charge >= 0.3 is 0 Å². The van der Waals surface area contributed by atoms with E-state index >= 15 is 0 Å². The topological polar surface area (TPSA) is 49.3 Å². The van der Waals surface area contributed by atoms with Crippen LogP contribution in [0.15, 0.2) is 22.7 Å². The molecule has 0 unspecified atom stereocenters. The Morgan fingerprint density at radius 2 is 2.33 bits per heavy atom. The third-order valence-corrected chi connectivity index (χ3v) is 2.56. The molecule has 1 rings (SSSR count). The first-order chi connectivity index (χ1) is 7.02. The van der Waals surface area contributed by atoms with Gasteiger partial charge in [0.2, 0.25) is 0 Å². The van der Waals surface area contributed by atoms with Gasteiger partial charge in [-0.2, -0.15) is 0 Å². The summed E-state index contributed by atoms with van der Waals surface area (Å²) in [6, 6.07) is 4.22. The number of aliphatic hydroxyl groups is 1. The van der Waals surface area contributed by atoms with Crippen molar-refractivity contribution in [3.8, 4) is 0 Å². The minimum Gasteiger partial charge on any atom is -0.392 e. The quantitative estimate of drug-likeness (QED) is 0.882. The standard InChI is InChI=1S/C10H11BrFNO2/c1-6(14)5-13-10(15)7-3-2-4-8(12)9(7)11/h2-4,6,14H,5H2,1H3,(H,13,15)/t6-/m0/s1. The van der Waals surface area contributed by atoms with Crippen molar-refractivity contribution in [3.05, 3.63) is 34.1 Å². The molecule has 1 aromatic carbocycles. The van der Waals surface area contributed by atoms with Crippen molar-refractivity contribution in [2.75, 3.05) is 6.54 Å². The zero-order chi connectivity index (χ0) is 11.4. The normalized spacial score (nSPS) is 12.3. The summed E-state index contributed by atoms with van der Waals surface area (Å²) in [7, 11) is 0. The lowest BCUT2D eigenvalue weighted by atomic mass is 10.2. The summed E-state index contributed by atoms with van der Waals surface area (Å²) in [6.07, 6.45) is -0.624. The Morgan fingerprint density at radius 3 is 2.93 bits per heavy atom. The lowest BCUT2D eigenvalue weighted by molar-refractivity contribution is 0.0922. The summed E-state index contributed by atoms with van der Waals surface area (Å²) in [6.45, 7) is 1.70. The first-order valence-electron chi connectivity index (χ1n) is 4.42. The van der Waals surface area contributed by atoms with Crippen molar-refractivity contribution in [2.24, 2.45) is 0 Å². The Hall–Kier alpha value is -0.940. The van der Waals surface area contributed by atoms with Gasteiger partial charge in [-0.05, 0) is 35.0 Å². The van der Waals surface area contributed by atoms with E-state index < -0.39 is 17.8 Å². The average Bonchev–Trinajstić information content (AvgIpc) is 2.18. The fourth-order valence-electron chi connectivity index (χ4n) is 1.01. The lowest BCUT2D eigenvalue weighted by Gasteiger charge is -2.08. The smallest absolute Gasteiger partial charge is 0.252 e. The highest BCUT2D eigenvalue weighted by Crippen LogP contribution is 2.19. The summed E-state index contributed by atoms with van der Waals surface area (Å²) >= 11 is 2.99. The average molecular weight is 276 g/mol. The van der Waals surface area contributed by atoms with Crippen LogP contribution in [0.5, 0.6) is 0 Å². The lowest BCUT2D eigenvalue weighted by Crippen LogP contribution is -2.30. The molecule has 0 aliphatic rings. The van der Waals surface area contributed by atoms with Crippen LogP contribution in [0.4, 0.5) is 4.39 Å². The van der Waals surface area contributed by atoms with Gasteiger partial charge in [0.05, 0.1) is 16.1 Å². The highest BCUT2D eigenvalue weighted by atomic mass is 79.9. The van der Waals surface area contributed by atoms with E-state index in [0.29, 0.717) is 0 Å². The molecule has 2 N–H and O–H groups in total. The molecule has 0 fully saturated rings. The molecule has 0 aromatic heterocycles. The fourth-order valence-corrected chi connectivity index (χ4v) is 1.46. The van der Waals surface area contributed by atoms with Crippen LogP contribution in [-0.4, -0.2) is 23.7 Å². The molecule has 0 radical (unpaired) electrons. The summed E-state index contributed by atoms with van der Waals surface area (Å²) in [4.78, 5) is 11.5. The number of rotatable bonds is 3. The monoisotopic (exact) mass is 275 g/mol. The summed E-state index contributed by atoms with van der Waals surface area (Å²) in [5.74, 6) is -0.901. The predicted molar refractivity (Wildman–Crippen MR) is 58.1 cm³/mol. The molecule has 3 nitrogen and oxygen atoms in total. The van der Waals surface area contributed by atoms with Crippen molar-refractivity contribution in [1.29, 1.82) is 0 Å². The van der Waals surface area contributed by atoms with Crippen molar-refractivity contribution < 1.29 is 14.3 Å². The number of nitrogens with one attached hydrogen (secondary N) is 1. The molecule has 1 atom stereocenters. The number of hydrogen-bond donors (Lipinski definition) is 2. The van der Waals surface area contributed by atoms with Crippen molar-refractivity contribution >= 4 is 21.8 Å². The number of benzene rings is 1. The van der Waals surface area contributed by atoms with Crippen LogP contribution < -0.4 is 5.32 Å². The maximum Gasteiger partial charge on any atom is 0.252 e. The number of carbonyl (C=O) groups excluding carboxylic acids is 1. The molecule has 1 amide bonds. The molecule has 82 valence electrons. The molecule has 0 bridgehead atoms. The second kappa shape index (κ2) is 5.23. The van der Waals surface area contributed by atoms with E-state index in [1.165, 1.54) is 18.2 Å². The molecule has 0 aliphatic carbocycles. The second-order valence-corrected chi connectivity index (χ2v) is 3.95. The van der Waals surface area contributed by atoms with Crippen LogP contribution >= 0.6 is 15.9 Å². The number of aliphatic hydroxyl groups excluding tert-OH is 1. The first-order valence-corrected chi connectivity index (χ1v) is 5.22. The number of halogens is 2. The van der Waals surface area contributed by atoms with Crippen LogP contribution in [0.3, 0.4) is 0 Å². The fraction of sp³-hybridized carbons (Fsp3) is 0.300. The Kier molecular flexibility index (Phi) is 4.23. The van der Waals surface area contributed by atoms with E-state index in [9.17, 15) is 9.18 Å². The Bertz CT molecular complexity index is 368. The third kappa shape index (κ3) is 3.28. The van der Waals surface area contributed by atoms with E-state index in [1.807, 2.05) is 0 Å². The van der Waals surface area contributed by atoms with Gasteiger partial charge in [-0.25, -0.2) is 4.39 Å². The molecular weight excluding hydrogens is 265 g/mol. The van der Waals surface area contributed by atoms with Gasteiger partial charge in [0.15, 0.2) is 0 Å². The van der Waals surface area contributed by atoms with Gasteiger partial charge in [0.25, 0.3) is 5.91 Å². The molecule has 5 heteroatoms. The molecule has 0 heterocycles. The zero-order valence-corrected chi connectivity index (χ0v) is 9.71. The zero-order valence-electron chi connectivity index (χ0n) is 8.13. The highest BCUT2D eigenvalue weighted by molar-refractivity contribution is 9.10. The van der Waals surface area contributed by atoms with Crippen LogP contribution in [0, 0.1) is 5.82 Å². The maximum atomic E-state index is 13.1. The Labute approximate surface area is 95.4 Å². The van der Waals surface area contributed by atoms with Crippen LogP contribution in [0.1, 0.15) is 17.3 Å². The number of hydrogen-bond acceptors (Lipinski definition) is 2. The van der Waals surface area contributed by atoms with Gasteiger partial charge in [0, 0.05) is 6.54 Å². The van der Waals surface area contributed by atoms with E-state index in [1.54, 1.807) is 6.92 Å². The van der Waals surface area contributed by atoms with E-state index in [0.717, 1.165) is 0 Å². The van der Waals surface area contributed by atoms with Crippen molar-refractivity contribution in [1.82, 2.24) is 5.32 Å². The first kappa shape index (κ1) is 12.1. The highest BCUT2D eigenvalue weighted by Gasteiger charge is 2.12. The minimum atomic E-state index is -0.624. The van der Waals surface area contributed by atoms with Gasteiger partial charge < -0.3 is 10.4 Å². The maximum absolute atomic E-state index is 13.1. The van der Waals surface area contributed by atoms with Crippen LogP contribution in [0.25, 0.3) is 0 Å². The third-order valence-electron chi connectivity index (χ3n) is 1.75. The largest absolute Gasteiger partial charge is 0.392 e. The predicted octanol–water partition coefficient (Wildman–Crippen LogP) is 1.70. The molecule has 0 saturated heterocycles. The molecule has 0 spiro atoms. The Balaban J connectivity index is 2.78. The number of amides is 1. The van der Waals surface area contributed by atoms with Crippen LogP contribution in [-0.2, 0) is 0 Å². The van der Waals surface area contributed by atoms with Gasteiger partial charge in [-0.3, -0.25) is 4.79 Å². The summed E-state index contributed by atoms with van der Waals surface area (Å²) < 4.78 is 13.2. The van der Waals surface area contributed by atoms with Crippen molar-refractivity contribution in [2.45, 2.75) is 13.0 Å². The molecule has 1 aromatic rings. The molecular formula is C10H11BrFNO2. The Morgan fingerprint density at radius 1 is 1.67 bits per heavy atom.